The molecule has 0 spiro atoms. The minimum absolute atomic E-state index is 0.0718. The molecule has 0 saturated carbocycles. The second-order valence-electron chi connectivity index (χ2n) is 9.05. The van der Waals surface area contributed by atoms with E-state index in [4.69, 9.17) is 28.4 Å². The highest BCUT2D eigenvalue weighted by Gasteiger charge is 2.60. The molecule has 3 aliphatic heterocycles. The number of ether oxygens (including phenoxy) is 6. The number of carbonyl (C=O) groups is 1. The van der Waals surface area contributed by atoms with E-state index in [1.54, 1.807) is 27.7 Å². The number of aliphatic hydroxyl groups excluding tert-OH is 1. The molecule has 1 aromatic carbocycles. The highest BCUT2D eigenvalue weighted by molar-refractivity contribution is 5.89. The average Bonchev–Trinajstić information content (AvgIpc) is 3.36. The maximum absolute atomic E-state index is 13.0. The molecule has 3 saturated heterocycles. The maximum Gasteiger partial charge on any atom is 0.336 e. The highest BCUT2D eigenvalue weighted by atomic mass is 16.8. The summed E-state index contributed by atoms with van der Waals surface area (Å²) in [6.45, 7) is 10.7. The smallest absolute Gasteiger partial charge is 0.336 e. The first-order chi connectivity index (χ1) is 15.4. The zero-order chi connectivity index (χ0) is 24.1. The summed E-state index contributed by atoms with van der Waals surface area (Å²) < 4.78 is 34.8. The molecule has 0 aromatic heterocycles. The number of benzene rings is 1. The molecule has 11 nitrogen and oxygen atoms in total. The Balaban J connectivity index is 1.53. The first-order valence-electron chi connectivity index (χ1n) is 10.5. The Morgan fingerprint density at radius 2 is 1.88 bits per heavy atom. The zero-order valence-electron chi connectivity index (χ0n) is 18.8. The molecule has 0 aliphatic carbocycles. The summed E-state index contributed by atoms with van der Waals surface area (Å²) >= 11 is 0. The van der Waals surface area contributed by atoms with E-state index in [1.165, 1.54) is 24.3 Å². The summed E-state index contributed by atoms with van der Waals surface area (Å²) in [4.78, 5) is 23.6. The van der Waals surface area contributed by atoms with E-state index in [-0.39, 0.29) is 23.4 Å². The van der Waals surface area contributed by atoms with Crippen molar-refractivity contribution >= 4 is 11.7 Å². The van der Waals surface area contributed by atoms with Crippen LogP contribution in [0.5, 0.6) is 0 Å². The van der Waals surface area contributed by atoms with Crippen molar-refractivity contribution in [3.63, 3.8) is 0 Å². The summed E-state index contributed by atoms with van der Waals surface area (Å²) in [5, 5.41) is 21.9. The van der Waals surface area contributed by atoms with Crippen LogP contribution in [0.1, 0.15) is 39.4 Å². The first-order valence-corrected chi connectivity index (χ1v) is 10.5. The van der Waals surface area contributed by atoms with Crippen LogP contribution in [0.15, 0.2) is 36.4 Å². The van der Waals surface area contributed by atoms with Gasteiger partial charge in [-0.05, 0) is 33.8 Å². The lowest BCUT2D eigenvalue weighted by molar-refractivity contribution is -0.386. The van der Waals surface area contributed by atoms with Gasteiger partial charge in [-0.3, -0.25) is 10.1 Å². The number of fused-ring (bicyclic) bond motifs is 1. The molecular weight excluding hydrogens is 438 g/mol. The van der Waals surface area contributed by atoms with E-state index in [1.807, 2.05) is 0 Å². The standard InChI is InChI=1S/C22H27NO10/c1-11(15(24)12-8-6-7-9-13(12)23(26)27)19(25)29-17-16(14-10-28-21(2,3)31-14)30-20-18(17)32-22(4,5)33-20/h6-9,14-18,20,24H,1,10H2,2-5H3/t14-,15+,16-,17+,18-,20-/m1/s1. The summed E-state index contributed by atoms with van der Waals surface area (Å²) in [7, 11) is 0. The monoisotopic (exact) mass is 465 g/mol. The van der Waals surface area contributed by atoms with E-state index in [2.05, 4.69) is 6.58 Å². The third kappa shape index (κ3) is 4.65. The number of hydrogen-bond donors (Lipinski definition) is 1. The quantitative estimate of drug-likeness (QED) is 0.288. The van der Waals surface area contributed by atoms with Crippen molar-refractivity contribution in [2.75, 3.05) is 6.61 Å². The Labute approximate surface area is 190 Å². The minimum Gasteiger partial charge on any atom is -0.453 e. The molecule has 0 bridgehead atoms. The average molecular weight is 465 g/mol. The fraction of sp³-hybridized carbons (Fsp3) is 0.591. The van der Waals surface area contributed by atoms with Crippen LogP contribution >= 0.6 is 0 Å². The van der Waals surface area contributed by atoms with Crippen LogP contribution < -0.4 is 0 Å². The third-order valence-corrected chi connectivity index (χ3v) is 5.69. The topological polar surface area (TPSA) is 136 Å². The van der Waals surface area contributed by atoms with Crippen LogP contribution in [0.25, 0.3) is 0 Å². The molecule has 3 aliphatic rings. The molecule has 1 aromatic rings. The Morgan fingerprint density at radius 3 is 2.52 bits per heavy atom. The highest BCUT2D eigenvalue weighted by Crippen LogP contribution is 2.42. The molecule has 6 atom stereocenters. The van der Waals surface area contributed by atoms with Crippen LogP contribution in [0.4, 0.5) is 5.69 Å². The minimum atomic E-state index is -1.64. The molecule has 4 rings (SSSR count). The number of rotatable bonds is 6. The zero-order valence-corrected chi connectivity index (χ0v) is 18.8. The van der Waals surface area contributed by atoms with Crippen molar-refractivity contribution < 1.29 is 43.2 Å². The van der Waals surface area contributed by atoms with Crippen LogP contribution in [-0.4, -0.2) is 64.9 Å². The molecule has 0 unspecified atom stereocenters. The lowest BCUT2D eigenvalue weighted by atomic mass is 10.0. The molecule has 0 radical (unpaired) electrons. The van der Waals surface area contributed by atoms with E-state index < -0.39 is 59.3 Å². The van der Waals surface area contributed by atoms with E-state index in [0.29, 0.717) is 0 Å². The number of nitro benzene ring substituents is 1. The lowest BCUT2D eigenvalue weighted by Gasteiger charge is -2.29. The molecule has 3 heterocycles. The number of carbonyl (C=O) groups excluding carboxylic acids is 1. The van der Waals surface area contributed by atoms with Crippen LogP contribution in [0.2, 0.25) is 0 Å². The molecule has 33 heavy (non-hydrogen) atoms. The van der Waals surface area contributed by atoms with Gasteiger partial charge in [-0.1, -0.05) is 18.7 Å². The number of aliphatic hydroxyl groups is 1. The summed E-state index contributed by atoms with van der Waals surface area (Å²) in [5.41, 5.74) is -0.778. The number of esters is 1. The van der Waals surface area contributed by atoms with Gasteiger partial charge in [-0.2, -0.15) is 0 Å². The maximum atomic E-state index is 13.0. The summed E-state index contributed by atoms with van der Waals surface area (Å²) in [6, 6.07) is 5.55. The van der Waals surface area contributed by atoms with Gasteiger partial charge >= 0.3 is 5.97 Å². The Hall–Kier alpha value is -2.41. The van der Waals surface area contributed by atoms with Crippen LogP contribution in [-0.2, 0) is 33.2 Å². The molecule has 3 fully saturated rings. The van der Waals surface area contributed by atoms with Gasteiger partial charge in [0, 0.05) is 6.07 Å². The summed E-state index contributed by atoms with van der Waals surface area (Å²) in [6.07, 6.45) is -5.48. The Morgan fingerprint density at radius 1 is 1.18 bits per heavy atom. The first kappa shape index (κ1) is 23.7. The predicted octanol–water partition coefficient (Wildman–Crippen LogP) is 2.12. The summed E-state index contributed by atoms with van der Waals surface area (Å²) in [5.74, 6) is -2.75. The van der Waals surface area contributed by atoms with Gasteiger partial charge in [0.05, 0.1) is 22.7 Å². The molecule has 1 N–H and O–H groups in total. The van der Waals surface area contributed by atoms with Gasteiger partial charge in [0.25, 0.3) is 5.69 Å². The van der Waals surface area contributed by atoms with E-state index >= 15 is 0 Å². The number of nitro groups is 1. The molecular formula is C22H27NO10. The van der Waals surface area contributed by atoms with Gasteiger partial charge in [-0.25, -0.2) is 4.79 Å². The van der Waals surface area contributed by atoms with Crippen molar-refractivity contribution in [2.24, 2.45) is 0 Å². The van der Waals surface area contributed by atoms with Crippen molar-refractivity contribution in [1.29, 1.82) is 0 Å². The van der Waals surface area contributed by atoms with Crippen molar-refractivity contribution in [3.8, 4) is 0 Å². The molecule has 180 valence electrons. The normalized spacial score (nSPS) is 32.8. The fourth-order valence-electron chi connectivity index (χ4n) is 4.20. The lowest BCUT2D eigenvalue weighted by Crippen LogP contribution is -2.45. The van der Waals surface area contributed by atoms with Crippen molar-refractivity contribution in [3.05, 3.63) is 52.1 Å². The van der Waals surface area contributed by atoms with Gasteiger partial charge in [0.1, 0.15) is 18.3 Å². The predicted molar refractivity (Wildman–Crippen MR) is 111 cm³/mol. The van der Waals surface area contributed by atoms with Crippen molar-refractivity contribution in [2.45, 2.75) is 76.1 Å². The SMILES string of the molecule is C=C(C(=O)O[C@@H]1[C@H]2OC(C)(C)O[C@H]2O[C@@H]1[C@H]1COC(C)(C)O1)[C@H](O)c1ccccc1[N+](=O)[O-]. The van der Waals surface area contributed by atoms with Gasteiger partial charge < -0.3 is 33.5 Å². The van der Waals surface area contributed by atoms with Crippen molar-refractivity contribution in [1.82, 2.24) is 0 Å². The Kier molecular flexibility index (Phi) is 6.06. The van der Waals surface area contributed by atoms with Gasteiger partial charge in [0.2, 0.25) is 0 Å². The molecule has 0 amide bonds. The van der Waals surface area contributed by atoms with E-state index in [9.17, 15) is 20.0 Å². The number of hydrogen-bond acceptors (Lipinski definition) is 10. The number of nitrogens with zero attached hydrogens (tertiary/aromatic N) is 1. The Bertz CT molecular complexity index is 960. The van der Waals surface area contributed by atoms with Crippen LogP contribution in [0.3, 0.4) is 0 Å². The fourth-order valence-corrected chi connectivity index (χ4v) is 4.20. The number of para-hydroxylation sites is 1. The second-order valence-corrected chi connectivity index (χ2v) is 9.05. The van der Waals surface area contributed by atoms with Gasteiger partial charge in [-0.15, -0.1) is 0 Å². The van der Waals surface area contributed by atoms with E-state index in [0.717, 1.165) is 0 Å². The second kappa shape index (κ2) is 8.42. The third-order valence-electron chi connectivity index (χ3n) is 5.69. The largest absolute Gasteiger partial charge is 0.453 e. The van der Waals surface area contributed by atoms with Crippen LogP contribution in [0, 0.1) is 10.1 Å². The molecule has 11 heteroatoms. The van der Waals surface area contributed by atoms with Gasteiger partial charge in [0.15, 0.2) is 30.1 Å².